The van der Waals surface area contributed by atoms with Crippen molar-refractivity contribution in [3.05, 3.63) is 47.5 Å². The number of carbonyl (C=O) groups is 1. The monoisotopic (exact) mass is 513 g/mol. The number of carbonyl (C=O) groups excluding carboxylic acids is 1. The van der Waals surface area contributed by atoms with Crippen molar-refractivity contribution in [3.8, 4) is 5.75 Å². The quantitative estimate of drug-likeness (QED) is 0.551. The molecule has 2 N–H and O–H groups in total. The smallest absolute Gasteiger partial charge is 0.183 e. The van der Waals surface area contributed by atoms with Gasteiger partial charge in [-0.15, -0.1) is 0 Å². The van der Waals surface area contributed by atoms with Crippen molar-refractivity contribution in [2.75, 3.05) is 0 Å². The van der Waals surface area contributed by atoms with E-state index in [1.165, 1.54) is 0 Å². The molecule has 1 aromatic carbocycles. The number of aromatic nitrogens is 1. The van der Waals surface area contributed by atoms with E-state index in [0.29, 0.717) is 15.7 Å². The van der Waals surface area contributed by atoms with Crippen molar-refractivity contribution >= 4 is 69.5 Å². The van der Waals surface area contributed by atoms with E-state index in [1.807, 2.05) is 0 Å². The Hall–Kier alpha value is -0.110. The van der Waals surface area contributed by atoms with E-state index in [1.54, 1.807) is 18.2 Å². The Labute approximate surface area is 143 Å². The second-order valence-corrected chi connectivity index (χ2v) is 7.26. The first-order valence-corrected chi connectivity index (χ1v) is 8.29. The van der Waals surface area contributed by atoms with Gasteiger partial charge in [-0.3, -0.25) is 4.79 Å². The van der Waals surface area contributed by atoms with Crippen LogP contribution in [0.3, 0.4) is 0 Å². The summed E-state index contributed by atoms with van der Waals surface area (Å²) < 4.78 is 2.86. The van der Waals surface area contributed by atoms with E-state index in [-0.39, 0.29) is 18.0 Å². The van der Waals surface area contributed by atoms with Crippen molar-refractivity contribution < 1.29 is 9.90 Å². The standard InChI is InChI=1S/C12H7Br4NO2/c13-6-1-5(11(19)7(14)3-6)2-10(18)9-4-8(15)12(16)17-9/h1,3-4,17,19H,2H2. The van der Waals surface area contributed by atoms with E-state index in [0.717, 1.165) is 13.5 Å². The summed E-state index contributed by atoms with van der Waals surface area (Å²) in [5, 5.41) is 9.93. The lowest BCUT2D eigenvalue weighted by atomic mass is 10.1. The molecule has 1 heterocycles. The van der Waals surface area contributed by atoms with Crippen molar-refractivity contribution in [1.29, 1.82) is 0 Å². The molecule has 0 saturated heterocycles. The molecular formula is C12H7Br4NO2. The largest absolute Gasteiger partial charge is 0.506 e. The number of Topliss-reactive ketones (excluding diaryl/α,β-unsaturated/α-hetero) is 1. The van der Waals surface area contributed by atoms with Crippen LogP contribution in [0, 0.1) is 0 Å². The summed E-state index contributed by atoms with van der Waals surface area (Å²) in [5.41, 5.74) is 1.04. The summed E-state index contributed by atoms with van der Waals surface area (Å²) in [7, 11) is 0. The van der Waals surface area contributed by atoms with Crippen molar-refractivity contribution in [2.24, 2.45) is 0 Å². The zero-order chi connectivity index (χ0) is 14.2. The molecule has 0 saturated carbocycles. The highest BCUT2D eigenvalue weighted by Gasteiger charge is 2.15. The van der Waals surface area contributed by atoms with Crippen molar-refractivity contribution in [1.82, 2.24) is 4.98 Å². The van der Waals surface area contributed by atoms with Gasteiger partial charge in [0.2, 0.25) is 0 Å². The molecule has 100 valence electrons. The normalized spacial score (nSPS) is 10.7. The van der Waals surface area contributed by atoms with Gasteiger partial charge in [-0.2, -0.15) is 0 Å². The van der Waals surface area contributed by atoms with Crippen LogP contribution in [-0.4, -0.2) is 15.9 Å². The Morgan fingerprint density at radius 3 is 2.37 bits per heavy atom. The van der Waals surface area contributed by atoms with E-state index in [2.05, 4.69) is 68.7 Å². The molecule has 0 bridgehead atoms. The number of hydrogen-bond acceptors (Lipinski definition) is 2. The van der Waals surface area contributed by atoms with Gasteiger partial charge >= 0.3 is 0 Å². The molecule has 0 atom stereocenters. The first kappa shape index (κ1) is 15.3. The Kier molecular flexibility index (Phi) is 4.92. The first-order chi connectivity index (χ1) is 8.88. The fraction of sp³-hybridized carbons (Fsp3) is 0.0833. The lowest BCUT2D eigenvalue weighted by Gasteiger charge is -2.06. The maximum Gasteiger partial charge on any atom is 0.183 e. The van der Waals surface area contributed by atoms with Gasteiger partial charge in [0.05, 0.1) is 19.2 Å². The van der Waals surface area contributed by atoms with Gasteiger partial charge in [-0.1, -0.05) is 15.9 Å². The highest BCUT2D eigenvalue weighted by molar-refractivity contribution is 9.13. The van der Waals surface area contributed by atoms with Gasteiger partial charge in [-0.05, 0) is 66.0 Å². The molecule has 2 aromatic rings. The molecule has 0 aliphatic carbocycles. The van der Waals surface area contributed by atoms with Gasteiger partial charge in [-0.25, -0.2) is 0 Å². The second kappa shape index (κ2) is 6.11. The van der Waals surface area contributed by atoms with Crippen LogP contribution in [0.1, 0.15) is 16.1 Å². The number of halogens is 4. The Bertz CT molecular complexity index is 632. The molecule has 19 heavy (non-hydrogen) atoms. The molecular weight excluding hydrogens is 510 g/mol. The van der Waals surface area contributed by atoms with Crippen LogP contribution in [0.2, 0.25) is 0 Å². The number of rotatable bonds is 3. The number of benzene rings is 1. The third-order valence-corrected chi connectivity index (χ3v) is 5.33. The fourth-order valence-electron chi connectivity index (χ4n) is 1.58. The predicted molar refractivity (Wildman–Crippen MR) is 87.7 cm³/mol. The van der Waals surface area contributed by atoms with Gasteiger partial charge in [0.25, 0.3) is 0 Å². The van der Waals surface area contributed by atoms with Gasteiger partial charge in [0, 0.05) is 16.5 Å². The van der Waals surface area contributed by atoms with Crippen LogP contribution in [0.5, 0.6) is 5.75 Å². The molecule has 2 rings (SSSR count). The Balaban J connectivity index is 2.29. The minimum Gasteiger partial charge on any atom is -0.506 e. The number of aromatic hydroxyl groups is 1. The van der Waals surface area contributed by atoms with E-state index >= 15 is 0 Å². The summed E-state index contributed by atoms with van der Waals surface area (Å²) >= 11 is 13.2. The van der Waals surface area contributed by atoms with Crippen LogP contribution in [-0.2, 0) is 6.42 Å². The van der Waals surface area contributed by atoms with Crippen LogP contribution < -0.4 is 0 Å². The van der Waals surface area contributed by atoms with Crippen LogP contribution in [0.15, 0.2) is 36.2 Å². The number of nitrogens with one attached hydrogen (secondary N) is 1. The predicted octanol–water partition coefficient (Wildman–Crippen LogP) is 5.20. The molecule has 0 fully saturated rings. The third-order valence-electron chi connectivity index (χ3n) is 2.48. The second-order valence-electron chi connectivity index (χ2n) is 3.84. The van der Waals surface area contributed by atoms with Crippen LogP contribution >= 0.6 is 63.7 Å². The zero-order valence-electron chi connectivity index (χ0n) is 9.31. The minimum absolute atomic E-state index is 0.0845. The average molecular weight is 517 g/mol. The lowest BCUT2D eigenvalue weighted by Crippen LogP contribution is -2.04. The molecule has 0 amide bonds. The SMILES string of the molecule is O=C(Cc1cc(Br)cc(Br)c1O)c1cc(Br)c(Br)[nH]1. The number of phenols is 1. The number of hydrogen-bond donors (Lipinski definition) is 2. The number of H-pyrrole nitrogens is 1. The van der Waals surface area contributed by atoms with Crippen molar-refractivity contribution in [3.63, 3.8) is 0 Å². The van der Waals surface area contributed by atoms with Gasteiger partial charge < -0.3 is 10.1 Å². The Morgan fingerprint density at radius 2 is 1.79 bits per heavy atom. The summed E-state index contributed by atoms with van der Waals surface area (Å²) in [6.07, 6.45) is 0.114. The average Bonchev–Trinajstić information content (AvgIpc) is 2.66. The van der Waals surface area contributed by atoms with E-state index in [9.17, 15) is 9.90 Å². The summed E-state index contributed by atoms with van der Waals surface area (Å²) in [4.78, 5) is 15.1. The molecule has 7 heteroatoms. The molecule has 1 aromatic heterocycles. The van der Waals surface area contributed by atoms with Gasteiger partial charge in [0.1, 0.15) is 5.75 Å². The first-order valence-electron chi connectivity index (χ1n) is 5.12. The zero-order valence-corrected chi connectivity index (χ0v) is 15.7. The maximum absolute atomic E-state index is 12.1. The van der Waals surface area contributed by atoms with Gasteiger partial charge in [0.15, 0.2) is 5.78 Å². The lowest BCUT2D eigenvalue weighted by molar-refractivity contribution is 0.0987. The molecule has 0 aliphatic heterocycles. The topological polar surface area (TPSA) is 53.1 Å². The van der Waals surface area contributed by atoms with Crippen LogP contribution in [0.4, 0.5) is 0 Å². The molecule has 0 radical (unpaired) electrons. The number of ketones is 1. The summed E-state index contributed by atoms with van der Waals surface area (Å²) in [5.74, 6) is -0.0204. The number of phenolic OH excluding ortho intramolecular Hbond substituents is 1. The van der Waals surface area contributed by atoms with Crippen molar-refractivity contribution in [2.45, 2.75) is 6.42 Å². The van der Waals surface area contributed by atoms with Crippen LogP contribution in [0.25, 0.3) is 0 Å². The van der Waals surface area contributed by atoms with E-state index < -0.39 is 0 Å². The molecule has 0 spiro atoms. The summed E-state index contributed by atoms with van der Waals surface area (Å²) in [6, 6.07) is 5.16. The molecule has 3 nitrogen and oxygen atoms in total. The summed E-state index contributed by atoms with van der Waals surface area (Å²) in [6.45, 7) is 0. The highest BCUT2D eigenvalue weighted by Crippen LogP contribution is 2.32. The Morgan fingerprint density at radius 1 is 1.11 bits per heavy atom. The van der Waals surface area contributed by atoms with E-state index in [4.69, 9.17) is 0 Å². The fourth-order valence-corrected chi connectivity index (χ4v) is 3.55. The maximum atomic E-state index is 12.1. The highest BCUT2D eigenvalue weighted by atomic mass is 79.9. The number of aromatic amines is 1. The minimum atomic E-state index is -0.105. The third kappa shape index (κ3) is 3.51. The molecule has 0 aliphatic rings. The molecule has 0 unspecified atom stereocenters.